The van der Waals surface area contributed by atoms with Crippen LogP contribution < -0.4 is 10.6 Å². The second kappa shape index (κ2) is 5.19. The number of rotatable bonds is 4. The van der Waals surface area contributed by atoms with Crippen molar-refractivity contribution in [1.29, 1.82) is 0 Å². The molecule has 16 heavy (non-hydrogen) atoms. The average molecular weight is 242 g/mol. The van der Waals surface area contributed by atoms with Gasteiger partial charge >= 0.3 is 0 Å². The molecule has 0 aromatic heterocycles. The lowest BCUT2D eigenvalue weighted by Crippen LogP contribution is -2.45. The molecule has 1 heterocycles. The predicted molar refractivity (Wildman–Crippen MR) is 64.2 cm³/mol. The molecule has 3 atom stereocenters. The summed E-state index contributed by atoms with van der Waals surface area (Å²) in [6, 6.07) is 0.0992. The van der Waals surface area contributed by atoms with Crippen molar-refractivity contribution in [3.63, 3.8) is 0 Å². The highest BCUT2D eigenvalue weighted by atomic mass is 32.2. The van der Waals surface area contributed by atoms with Crippen LogP contribution in [0.3, 0.4) is 0 Å². The van der Waals surface area contributed by atoms with Gasteiger partial charge < -0.3 is 5.32 Å². The lowest BCUT2D eigenvalue weighted by atomic mass is 10.2. The Morgan fingerprint density at radius 1 is 1.44 bits per heavy atom. The van der Waals surface area contributed by atoms with E-state index in [4.69, 9.17) is 0 Å². The molecule has 2 fully saturated rings. The Bertz CT molecular complexity index is 296. The van der Waals surface area contributed by atoms with E-state index in [0.29, 0.717) is 17.7 Å². The van der Waals surface area contributed by atoms with Gasteiger partial charge in [-0.25, -0.2) is 0 Å². The normalized spacial score (nSPS) is 34.4. The van der Waals surface area contributed by atoms with Gasteiger partial charge in [-0.1, -0.05) is 13.3 Å². The summed E-state index contributed by atoms with van der Waals surface area (Å²) in [6.07, 6.45) is 3.87. The van der Waals surface area contributed by atoms with Gasteiger partial charge in [-0.3, -0.25) is 14.9 Å². The highest BCUT2D eigenvalue weighted by molar-refractivity contribution is 7.99. The Labute approximate surface area is 99.9 Å². The van der Waals surface area contributed by atoms with Crippen LogP contribution in [-0.2, 0) is 9.59 Å². The lowest BCUT2D eigenvalue weighted by Gasteiger charge is -2.22. The maximum Gasteiger partial charge on any atom is 0.244 e. The van der Waals surface area contributed by atoms with Crippen molar-refractivity contribution in [3.8, 4) is 0 Å². The lowest BCUT2D eigenvalue weighted by molar-refractivity contribution is -0.125. The number of nitrogens with one attached hydrogen (secondary N) is 2. The van der Waals surface area contributed by atoms with E-state index in [1.54, 1.807) is 0 Å². The molecule has 1 saturated heterocycles. The van der Waals surface area contributed by atoms with Gasteiger partial charge in [0.25, 0.3) is 0 Å². The first-order valence-electron chi connectivity index (χ1n) is 5.92. The van der Waals surface area contributed by atoms with Crippen molar-refractivity contribution in [2.24, 2.45) is 0 Å². The number of carbonyl (C=O) groups is 2. The molecule has 5 heteroatoms. The molecule has 0 radical (unpaired) electrons. The molecule has 90 valence electrons. The van der Waals surface area contributed by atoms with E-state index < -0.39 is 0 Å². The minimum absolute atomic E-state index is 0.153. The molecule has 1 saturated carbocycles. The second-order valence-corrected chi connectivity index (χ2v) is 5.88. The number of imide groups is 1. The van der Waals surface area contributed by atoms with Crippen LogP contribution in [0, 0.1) is 0 Å². The molecule has 0 bridgehead atoms. The first-order chi connectivity index (χ1) is 7.70. The van der Waals surface area contributed by atoms with Gasteiger partial charge in [0.2, 0.25) is 11.8 Å². The predicted octanol–water partition coefficient (Wildman–Crippen LogP) is 0.665. The highest BCUT2D eigenvalue weighted by Gasteiger charge is 2.35. The first-order valence-corrected chi connectivity index (χ1v) is 6.97. The van der Waals surface area contributed by atoms with Crippen molar-refractivity contribution in [1.82, 2.24) is 10.6 Å². The van der Waals surface area contributed by atoms with Crippen molar-refractivity contribution in [2.75, 3.05) is 5.75 Å². The molecule has 2 aliphatic rings. The average Bonchev–Trinajstić information content (AvgIpc) is 2.77. The smallest absolute Gasteiger partial charge is 0.244 e. The number of hydrogen-bond acceptors (Lipinski definition) is 4. The van der Waals surface area contributed by atoms with E-state index in [-0.39, 0.29) is 17.9 Å². The molecule has 2 rings (SSSR count). The van der Waals surface area contributed by atoms with Gasteiger partial charge in [-0.15, -0.1) is 0 Å². The largest absolute Gasteiger partial charge is 0.302 e. The van der Waals surface area contributed by atoms with Crippen molar-refractivity contribution in [2.45, 2.75) is 49.9 Å². The fraction of sp³-hybridized carbons (Fsp3) is 0.818. The summed E-state index contributed by atoms with van der Waals surface area (Å²) in [5, 5.41) is 6.28. The van der Waals surface area contributed by atoms with Gasteiger partial charge in [-0.05, 0) is 18.6 Å². The molecule has 0 aromatic carbocycles. The number of hydrogen-bond donors (Lipinski definition) is 2. The molecule has 0 aromatic rings. The van der Waals surface area contributed by atoms with Crippen LogP contribution in [0.1, 0.15) is 32.6 Å². The first kappa shape index (κ1) is 11.9. The number of thioether (sulfide) groups is 1. The van der Waals surface area contributed by atoms with Crippen molar-refractivity contribution >= 4 is 23.6 Å². The third-order valence-electron chi connectivity index (χ3n) is 3.22. The third-order valence-corrected chi connectivity index (χ3v) is 4.54. The molecule has 1 aliphatic heterocycles. The van der Waals surface area contributed by atoms with Crippen LogP contribution in [0.4, 0.5) is 0 Å². The van der Waals surface area contributed by atoms with Crippen LogP contribution in [0.15, 0.2) is 0 Å². The SMILES string of the molecule is CCSC1CCCC1NC1CC(=O)NC1=O. The van der Waals surface area contributed by atoms with E-state index in [9.17, 15) is 9.59 Å². The quantitative estimate of drug-likeness (QED) is 0.711. The summed E-state index contributed by atoms with van der Waals surface area (Å²) in [5.74, 6) is 0.802. The molecule has 3 unspecified atom stereocenters. The minimum Gasteiger partial charge on any atom is -0.302 e. The van der Waals surface area contributed by atoms with E-state index in [2.05, 4.69) is 17.6 Å². The van der Waals surface area contributed by atoms with E-state index in [0.717, 1.165) is 12.2 Å². The number of amides is 2. The maximum atomic E-state index is 11.4. The Morgan fingerprint density at radius 3 is 2.88 bits per heavy atom. The molecule has 0 spiro atoms. The molecule has 1 aliphatic carbocycles. The molecule has 2 amide bonds. The summed E-state index contributed by atoms with van der Waals surface area (Å²) in [6.45, 7) is 2.16. The highest BCUT2D eigenvalue weighted by Crippen LogP contribution is 2.30. The van der Waals surface area contributed by atoms with Gasteiger partial charge in [0.1, 0.15) is 0 Å². The van der Waals surface area contributed by atoms with Crippen LogP contribution in [-0.4, -0.2) is 34.9 Å². The molecular formula is C11H18N2O2S. The van der Waals surface area contributed by atoms with E-state index in [1.165, 1.54) is 12.8 Å². The standard InChI is InChI=1S/C11H18N2O2S/c1-2-16-9-5-3-4-7(9)12-8-6-10(14)13-11(8)15/h7-9,12H,2-6H2,1H3,(H,13,14,15). The fourth-order valence-electron chi connectivity index (χ4n) is 2.48. The maximum absolute atomic E-state index is 11.4. The van der Waals surface area contributed by atoms with Crippen molar-refractivity contribution < 1.29 is 9.59 Å². The summed E-state index contributed by atoms with van der Waals surface area (Å²) in [4.78, 5) is 22.5. The van der Waals surface area contributed by atoms with E-state index >= 15 is 0 Å². The number of carbonyl (C=O) groups excluding carboxylic acids is 2. The zero-order valence-corrected chi connectivity index (χ0v) is 10.3. The molecule has 2 N–H and O–H groups in total. The van der Waals surface area contributed by atoms with Crippen LogP contribution in [0.5, 0.6) is 0 Å². The Hall–Kier alpha value is -0.550. The zero-order chi connectivity index (χ0) is 11.5. The van der Waals surface area contributed by atoms with Gasteiger partial charge in [0.05, 0.1) is 12.5 Å². The Kier molecular flexibility index (Phi) is 3.86. The molecular weight excluding hydrogens is 224 g/mol. The third kappa shape index (κ3) is 2.58. The summed E-state index contributed by atoms with van der Waals surface area (Å²) in [5.41, 5.74) is 0. The van der Waals surface area contributed by atoms with Crippen LogP contribution >= 0.6 is 11.8 Å². The zero-order valence-electron chi connectivity index (χ0n) is 9.49. The Morgan fingerprint density at radius 2 is 2.25 bits per heavy atom. The van der Waals surface area contributed by atoms with E-state index in [1.807, 2.05) is 11.8 Å². The summed E-state index contributed by atoms with van der Waals surface area (Å²) in [7, 11) is 0. The van der Waals surface area contributed by atoms with Crippen molar-refractivity contribution in [3.05, 3.63) is 0 Å². The van der Waals surface area contributed by atoms with Gasteiger partial charge in [0.15, 0.2) is 0 Å². The monoisotopic (exact) mass is 242 g/mol. The minimum atomic E-state index is -0.296. The summed E-state index contributed by atoms with van der Waals surface area (Å²) >= 11 is 1.95. The fourth-order valence-corrected chi connectivity index (χ4v) is 3.69. The molecule has 4 nitrogen and oxygen atoms in total. The topological polar surface area (TPSA) is 58.2 Å². The van der Waals surface area contributed by atoms with Gasteiger partial charge in [0, 0.05) is 11.3 Å². The van der Waals surface area contributed by atoms with Crippen LogP contribution in [0.2, 0.25) is 0 Å². The Balaban J connectivity index is 1.88. The van der Waals surface area contributed by atoms with Crippen LogP contribution in [0.25, 0.3) is 0 Å². The van der Waals surface area contributed by atoms with Gasteiger partial charge in [-0.2, -0.15) is 11.8 Å². The second-order valence-electron chi connectivity index (χ2n) is 4.37. The summed E-state index contributed by atoms with van der Waals surface area (Å²) < 4.78 is 0.